The second-order valence-electron chi connectivity index (χ2n) is 7.78. The number of hydrogen-bond donors (Lipinski definition) is 0. The van der Waals surface area contributed by atoms with Crippen LogP contribution in [0.4, 0.5) is 0 Å². The first kappa shape index (κ1) is 24.6. The number of carbonyl (C=O) groups is 1. The second kappa shape index (κ2) is 10.4. The number of rotatable bonds is 8. The molecule has 1 heterocycles. The minimum absolute atomic E-state index is 0.112. The van der Waals surface area contributed by atoms with Crippen LogP contribution >= 0.6 is 11.3 Å². The molecule has 0 aliphatic rings. The number of carbonyl (C=O) groups excluding carboxylic acids is 1. The Hall–Kier alpha value is -3.53. The standard InChI is InChI=1S/C26H25N3O4S2/c1-4-17-29-24-22(33-3)11-8-12-23(24)34-26(29)27-25(30)20-13-15-21(16-14-20)35(31,32)28(2)18-19-9-6-5-7-10-19/h4-16H,1,17-18H2,2-3H3. The minimum atomic E-state index is -3.71. The van der Waals surface area contributed by atoms with Crippen molar-refractivity contribution in [2.24, 2.45) is 4.99 Å². The molecule has 0 fully saturated rings. The number of aromatic nitrogens is 1. The van der Waals surface area contributed by atoms with E-state index in [1.54, 1.807) is 13.2 Å². The summed E-state index contributed by atoms with van der Waals surface area (Å²) in [4.78, 5) is 17.9. The number of nitrogens with zero attached hydrogens (tertiary/aromatic N) is 3. The van der Waals surface area contributed by atoms with Gasteiger partial charge in [0.05, 0.1) is 16.7 Å². The Balaban J connectivity index is 1.63. The molecule has 4 aromatic rings. The van der Waals surface area contributed by atoms with E-state index in [0.717, 1.165) is 15.8 Å². The number of sulfonamides is 1. The van der Waals surface area contributed by atoms with Gasteiger partial charge in [-0.2, -0.15) is 9.30 Å². The van der Waals surface area contributed by atoms with Crippen LogP contribution in [0.5, 0.6) is 5.75 Å². The predicted molar refractivity (Wildman–Crippen MR) is 138 cm³/mol. The van der Waals surface area contributed by atoms with Crippen molar-refractivity contribution in [3.63, 3.8) is 0 Å². The maximum absolute atomic E-state index is 13.0. The molecule has 7 nitrogen and oxygen atoms in total. The van der Waals surface area contributed by atoms with E-state index in [-0.39, 0.29) is 11.4 Å². The number of hydrogen-bond acceptors (Lipinski definition) is 5. The van der Waals surface area contributed by atoms with Crippen molar-refractivity contribution < 1.29 is 17.9 Å². The molecule has 0 bridgehead atoms. The van der Waals surface area contributed by atoms with Crippen molar-refractivity contribution in [3.8, 4) is 5.75 Å². The molecule has 0 radical (unpaired) electrons. The first-order valence-electron chi connectivity index (χ1n) is 10.8. The van der Waals surface area contributed by atoms with E-state index in [2.05, 4.69) is 11.6 Å². The van der Waals surface area contributed by atoms with Gasteiger partial charge in [0.15, 0.2) is 4.80 Å². The molecule has 4 rings (SSSR count). The highest BCUT2D eigenvalue weighted by molar-refractivity contribution is 7.89. The molecule has 0 aliphatic carbocycles. The summed E-state index contributed by atoms with van der Waals surface area (Å²) in [6, 6.07) is 20.9. The lowest BCUT2D eigenvalue weighted by Gasteiger charge is -2.17. The topological polar surface area (TPSA) is 81.0 Å². The average molecular weight is 508 g/mol. The molecule has 0 saturated carbocycles. The Kier molecular flexibility index (Phi) is 7.30. The van der Waals surface area contributed by atoms with E-state index in [1.807, 2.05) is 53.1 Å². The summed E-state index contributed by atoms with van der Waals surface area (Å²) in [6.45, 7) is 4.51. The molecule has 1 amide bonds. The number of benzene rings is 3. The summed E-state index contributed by atoms with van der Waals surface area (Å²) in [5.74, 6) is 0.221. The minimum Gasteiger partial charge on any atom is -0.495 e. The fraction of sp³-hybridized carbons (Fsp3) is 0.154. The van der Waals surface area contributed by atoms with Crippen LogP contribution in [0.3, 0.4) is 0 Å². The van der Waals surface area contributed by atoms with E-state index in [0.29, 0.717) is 22.7 Å². The molecule has 0 unspecified atom stereocenters. The lowest BCUT2D eigenvalue weighted by atomic mass is 10.2. The van der Waals surface area contributed by atoms with Gasteiger partial charge in [-0.25, -0.2) is 8.42 Å². The zero-order valence-electron chi connectivity index (χ0n) is 19.4. The first-order valence-corrected chi connectivity index (χ1v) is 13.1. The summed E-state index contributed by atoms with van der Waals surface area (Å²) < 4.78 is 35.5. The number of allylic oxidation sites excluding steroid dienone is 1. The second-order valence-corrected chi connectivity index (χ2v) is 10.8. The third-order valence-corrected chi connectivity index (χ3v) is 8.31. The molecule has 35 heavy (non-hydrogen) atoms. The van der Waals surface area contributed by atoms with Gasteiger partial charge in [0.2, 0.25) is 10.0 Å². The van der Waals surface area contributed by atoms with Gasteiger partial charge in [0.1, 0.15) is 11.3 Å². The number of fused-ring (bicyclic) bond motifs is 1. The maximum Gasteiger partial charge on any atom is 0.279 e. The molecular formula is C26H25N3O4S2. The van der Waals surface area contributed by atoms with Crippen molar-refractivity contribution in [1.29, 1.82) is 0 Å². The van der Waals surface area contributed by atoms with Crippen LogP contribution in [0, 0.1) is 0 Å². The third-order valence-electron chi connectivity index (χ3n) is 5.45. The molecule has 0 aliphatic heterocycles. The Labute approximate surface area is 208 Å². The summed E-state index contributed by atoms with van der Waals surface area (Å²) in [7, 11) is -0.584. The fourth-order valence-corrected chi connectivity index (χ4v) is 5.89. The van der Waals surface area contributed by atoms with Crippen LogP contribution in [0.2, 0.25) is 0 Å². The summed E-state index contributed by atoms with van der Waals surface area (Å²) >= 11 is 1.37. The Morgan fingerprint density at radius 2 is 1.80 bits per heavy atom. The van der Waals surface area contributed by atoms with Gasteiger partial charge in [-0.3, -0.25) is 4.79 Å². The monoisotopic (exact) mass is 507 g/mol. The van der Waals surface area contributed by atoms with Crippen LogP contribution < -0.4 is 9.54 Å². The number of methoxy groups -OCH3 is 1. The van der Waals surface area contributed by atoms with Crippen molar-refractivity contribution in [2.75, 3.05) is 14.2 Å². The van der Waals surface area contributed by atoms with Crippen LogP contribution in [-0.4, -0.2) is 37.4 Å². The van der Waals surface area contributed by atoms with Crippen LogP contribution in [0.25, 0.3) is 10.2 Å². The van der Waals surface area contributed by atoms with E-state index >= 15 is 0 Å². The third kappa shape index (κ3) is 5.12. The van der Waals surface area contributed by atoms with Gasteiger partial charge in [-0.05, 0) is 42.0 Å². The van der Waals surface area contributed by atoms with Crippen LogP contribution in [0.15, 0.2) is 95.3 Å². The molecule has 0 saturated heterocycles. The molecule has 0 atom stereocenters. The van der Waals surface area contributed by atoms with E-state index in [1.165, 1.54) is 47.0 Å². The van der Waals surface area contributed by atoms with Gasteiger partial charge in [-0.15, -0.1) is 6.58 Å². The predicted octanol–water partition coefficient (Wildman–Crippen LogP) is 4.46. The lowest BCUT2D eigenvalue weighted by molar-refractivity contribution is 0.0997. The number of thiazole rings is 1. The van der Waals surface area contributed by atoms with Crippen molar-refractivity contribution in [2.45, 2.75) is 18.0 Å². The molecule has 1 aromatic heterocycles. The quantitative estimate of drug-likeness (QED) is 0.330. The van der Waals surface area contributed by atoms with Gasteiger partial charge >= 0.3 is 0 Å². The Morgan fingerprint density at radius 3 is 2.46 bits per heavy atom. The largest absolute Gasteiger partial charge is 0.495 e. The summed E-state index contributed by atoms with van der Waals surface area (Å²) in [5.41, 5.74) is 2.02. The summed E-state index contributed by atoms with van der Waals surface area (Å²) in [6.07, 6.45) is 1.73. The zero-order chi connectivity index (χ0) is 25.0. The molecule has 3 aromatic carbocycles. The van der Waals surface area contributed by atoms with Crippen LogP contribution in [0.1, 0.15) is 15.9 Å². The molecular weight excluding hydrogens is 482 g/mol. The van der Waals surface area contributed by atoms with Crippen molar-refractivity contribution in [3.05, 3.63) is 101 Å². The van der Waals surface area contributed by atoms with E-state index in [4.69, 9.17) is 4.74 Å². The summed E-state index contributed by atoms with van der Waals surface area (Å²) in [5, 5.41) is 0. The molecule has 9 heteroatoms. The van der Waals surface area contributed by atoms with Crippen LogP contribution in [-0.2, 0) is 23.1 Å². The smallest absolute Gasteiger partial charge is 0.279 e. The zero-order valence-corrected chi connectivity index (χ0v) is 21.1. The lowest BCUT2D eigenvalue weighted by Crippen LogP contribution is -2.26. The molecule has 180 valence electrons. The fourth-order valence-electron chi connectivity index (χ4n) is 3.67. The normalized spacial score (nSPS) is 12.3. The molecule has 0 spiro atoms. The maximum atomic E-state index is 13.0. The van der Waals surface area contributed by atoms with Crippen molar-refractivity contribution in [1.82, 2.24) is 8.87 Å². The highest BCUT2D eigenvalue weighted by Gasteiger charge is 2.21. The van der Waals surface area contributed by atoms with Gasteiger partial charge in [0, 0.05) is 25.7 Å². The molecule has 0 N–H and O–H groups in total. The number of para-hydroxylation sites is 1. The van der Waals surface area contributed by atoms with Gasteiger partial charge in [-0.1, -0.05) is 53.8 Å². The van der Waals surface area contributed by atoms with Gasteiger partial charge < -0.3 is 9.30 Å². The van der Waals surface area contributed by atoms with E-state index < -0.39 is 15.9 Å². The Bertz CT molecular complexity index is 1540. The Morgan fingerprint density at radius 1 is 1.09 bits per heavy atom. The number of ether oxygens (including phenoxy) is 1. The highest BCUT2D eigenvalue weighted by atomic mass is 32.2. The average Bonchev–Trinajstić information content (AvgIpc) is 3.21. The number of amides is 1. The SMILES string of the molecule is C=CCn1c(=NC(=O)c2ccc(S(=O)(=O)N(C)Cc3ccccc3)cc2)sc2cccc(OC)c21. The van der Waals surface area contributed by atoms with Crippen molar-refractivity contribution >= 4 is 37.5 Å². The van der Waals surface area contributed by atoms with E-state index in [9.17, 15) is 13.2 Å². The van der Waals surface area contributed by atoms with Gasteiger partial charge in [0.25, 0.3) is 5.91 Å². The highest BCUT2D eigenvalue weighted by Crippen LogP contribution is 2.27. The first-order chi connectivity index (χ1) is 16.8.